The lowest BCUT2D eigenvalue weighted by Gasteiger charge is -1.97. The minimum atomic E-state index is -0.512. The number of aromatic amines is 1. The van der Waals surface area contributed by atoms with E-state index >= 15 is 0 Å². The van der Waals surface area contributed by atoms with Gasteiger partial charge in [0.2, 0.25) is 0 Å². The molecule has 3 aromatic rings. The number of aliphatic hydroxyl groups excluding tert-OH is 1. The smallest absolute Gasteiger partial charge is 0.188 e. The largest absolute Gasteiger partial charge is 0.388 e. The Hall–Kier alpha value is -2.53. The van der Waals surface area contributed by atoms with Gasteiger partial charge in [-0.1, -0.05) is 12.1 Å². The number of nitrogens with one attached hydrogen (secondary N) is 1. The molecule has 0 aliphatic rings. The molecule has 0 saturated carbocycles. The Morgan fingerprint density at radius 1 is 1.19 bits per heavy atom. The predicted octanol–water partition coefficient (Wildman–Crippen LogP) is 2.47. The van der Waals surface area contributed by atoms with E-state index in [1.165, 1.54) is 12.1 Å². The first kappa shape index (κ1) is 13.5. The first-order chi connectivity index (χ1) is 10.2. The highest BCUT2D eigenvalue weighted by atomic mass is 19.1. The van der Waals surface area contributed by atoms with Crippen LogP contribution in [0.3, 0.4) is 0 Å². The molecule has 1 heterocycles. The normalized spacial score (nSPS) is 11.0. The van der Waals surface area contributed by atoms with Gasteiger partial charge in [0, 0.05) is 12.0 Å². The van der Waals surface area contributed by atoms with E-state index in [2.05, 4.69) is 9.97 Å². The van der Waals surface area contributed by atoms with Crippen LogP contribution in [0, 0.1) is 5.82 Å². The van der Waals surface area contributed by atoms with Gasteiger partial charge in [-0.2, -0.15) is 0 Å². The monoisotopic (exact) mass is 284 g/mol. The molecular weight excluding hydrogens is 271 g/mol. The molecule has 0 aliphatic carbocycles. The van der Waals surface area contributed by atoms with Crippen LogP contribution in [-0.4, -0.2) is 27.5 Å². The van der Waals surface area contributed by atoms with Gasteiger partial charge in [-0.3, -0.25) is 4.79 Å². The number of benzene rings is 2. The maximum atomic E-state index is 12.9. The van der Waals surface area contributed by atoms with Crippen molar-refractivity contribution in [2.75, 3.05) is 6.61 Å². The number of carbonyl (C=O) groups is 1. The maximum Gasteiger partial charge on any atom is 0.188 e. The summed E-state index contributed by atoms with van der Waals surface area (Å²) in [6.45, 7) is -0.512. The minimum absolute atomic E-state index is 0.268. The molecule has 5 heteroatoms. The number of ketones is 1. The van der Waals surface area contributed by atoms with Crippen molar-refractivity contribution in [3.63, 3.8) is 0 Å². The van der Waals surface area contributed by atoms with Gasteiger partial charge >= 0.3 is 0 Å². The van der Waals surface area contributed by atoms with Crippen molar-refractivity contribution in [3.05, 3.63) is 65.2 Å². The van der Waals surface area contributed by atoms with Crippen molar-refractivity contribution in [1.29, 1.82) is 0 Å². The number of aliphatic hydroxyl groups is 1. The van der Waals surface area contributed by atoms with Gasteiger partial charge in [0.25, 0.3) is 0 Å². The summed E-state index contributed by atoms with van der Waals surface area (Å²) in [5, 5.41) is 8.88. The van der Waals surface area contributed by atoms with Crippen LogP contribution in [0.1, 0.15) is 21.7 Å². The molecule has 106 valence electrons. The molecule has 0 bridgehead atoms. The zero-order valence-corrected chi connectivity index (χ0v) is 11.1. The molecule has 0 saturated heterocycles. The van der Waals surface area contributed by atoms with Crippen LogP contribution in [0.4, 0.5) is 4.39 Å². The fourth-order valence-electron chi connectivity index (χ4n) is 2.21. The van der Waals surface area contributed by atoms with Crippen LogP contribution in [0.15, 0.2) is 42.5 Å². The van der Waals surface area contributed by atoms with E-state index < -0.39 is 6.61 Å². The third-order valence-electron chi connectivity index (χ3n) is 3.28. The first-order valence-corrected chi connectivity index (χ1v) is 6.53. The highest BCUT2D eigenvalue weighted by Gasteiger charge is 2.08. The molecule has 2 aromatic carbocycles. The van der Waals surface area contributed by atoms with Gasteiger partial charge in [0.05, 0.1) is 11.0 Å². The second-order valence-electron chi connectivity index (χ2n) is 4.80. The maximum absolute atomic E-state index is 12.9. The number of H-pyrrole nitrogens is 1. The Bertz CT molecular complexity index is 794. The fraction of sp³-hybridized carbons (Fsp3) is 0.125. The second-order valence-corrected chi connectivity index (χ2v) is 4.80. The Kier molecular flexibility index (Phi) is 3.50. The summed E-state index contributed by atoms with van der Waals surface area (Å²) in [7, 11) is 0. The summed E-state index contributed by atoms with van der Waals surface area (Å²) < 4.78 is 12.9. The van der Waals surface area contributed by atoms with Gasteiger partial charge in [0.15, 0.2) is 5.78 Å². The number of hydrogen-bond acceptors (Lipinski definition) is 3. The zero-order chi connectivity index (χ0) is 14.8. The quantitative estimate of drug-likeness (QED) is 0.723. The Labute approximate surface area is 120 Å². The average molecular weight is 284 g/mol. The van der Waals surface area contributed by atoms with Gasteiger partial charge in [-0.25, -0.2) is 9.37 Å². The van der Waals surface area contributed by atoms with E-state index in [0.29, 0.717) is 12.0 Å². The summed E-state index contributed by atoms with van der Waals surface area (Å²) in [6, 6.07) is 11.3. The fourth-order valence-corrected chi connectivity index (χ4v) is 2.21. The Morgan fingerprint density at radius 3 is 2.67 bits per heavy atom. The van der Waals surface area contributed by atoms with Crippen molar-refractivity contribution >= 4 is 16.8 Å². The predicted molar refractivity (Wildman–Crippen MR) is 76.7 cm³/mol. The summed E-state index contributed by atoms with van der Waals surface area (Å²) in [4.78, 5) is 19.0. The molecule has 0 aliphatic heterocycles. The highest BCUT2D eigenvalue weighted by molar-refractivity contribution is 5.99. The van der Waals surface area contributed by atoms with Crippen molar-refractivity contribution in [3.8, 4) is 0 Å². The van der Waals surface area contributed by atoms with Crippen LogP contribution in [0.25, 0.3) is 11.0 Å². The highest BCUT2D eigenvalue weighted by Crippen LogP contribution is 2.16. The first-order valence-electron chi connectivity index (χ1n) is 6.53. The number of aromatic nitrogens is 2. The minimum Gasteiger partial charge on any atom is -0.388 e. The number of imidazole rings is 1. The third-order valence-corrected chi connectivity index (χ3v) is 3.28. The summed E-state index contributed by atoms with van der Waals surface area (Å²) >= 11 is 0. The lowest BCUT2D eigenvalue weighted by atomic mass is 10.1. The SMILES string of the molecule is O=C(CO)c1ccc2nc(Cc3ccc(F)cc3)[nH]c2c1. The number of halogens is 1. The summed E-state index contributed by atoms with van der Waals surface area (Å²) in [5.74, 6) is 0.146. The molecule has 21 heavy (non-hydrogen) atoms. The topological polar surface area (TPSA) is 66.0 Å². The number of rotatable bonds is 4. The Morgan fingerprint density at radius 2 is 1.95 bits per heavy atom. The molecule has 0 atom stereocenters. The van der Waals surface area contributed by atoms with Crippen LogP contribution >= 0.6 is 0 Å². The van der Waals surface area contributed by atoms with Crippen molar-refractivity contribution in [2.24, 2.45) is 0 Å². The van der Waals surface area contributed by atoms with Crippen molar-refractivity contribution in [1.82, 2.24) is 9.97 Å². The molecule has 3 rings (SSSR count). The van der Waals surface area contributed by atoms with E-state index in [9.17, 15) is 9.18 Å². The molecule has 0 amide bonds. The molecule has 0 radical (unpaired) electrons. The van der Waals surface area contributed by atoms with Crippen LogP contribution in [-0.2, 0) is 6.42 Å². The molecule has 1 aromatic heterocycles. The number of Topliss-reactive ketones (excluding diaryl/α,β-unsaturated/α-hetero) is 1. The molecule has 0 unspecified atom stereocenters. The lowest BCUT2D eigenvalue weighted by molar-refractivity contribution is 0.0904. The molecule has 4 nitrogen and oxygen atoms in total. The molecular formula is C16H13FN2O2. The van der Waals surface area contributed by atoms with E-state index in [4.69, 9.17) is 5.11 Å². The zero-order valence-electron chi connectivity index (χ0n) is 11.1. The third kappa shape index (κ3) is 2.83. The molecule has 0 spiro atoms. The second kappa shape index (κ2) is 5.46. The van der Waals surface area contributed by atoms with E-state index in [1.54, 1.807) is 30.3 Å². The van der Waals surface area contributed by atoms with Gasteiger partial charge in [0.1, 0.15) is 18.2 Å². The van der Waals surface area contributed by atoms with Crippen LogP contribution in [0.2, 0.25) is 0 Å². The van der Waals surface area contributed by atoms with Crippen LogP contribution < -0.4 is 0 Å². The van der Waals surface area contributed by atoms with Gasteiger partial charge in [-0.05, 0) is 35.9 Å². The number of fused-ring (bicyclic) bond motifs is 1. The summed E-state index contributed by atoms with van der Waals surface area (Å²) in [6.07, 6.45) is 0.554. The van der Waals surface area contributed by atoms with Gasteiger partial charge < -0.3 is 10.1 Å². The number of nitrogens with zero attached hydrogens (tertiary/aromatic N) is 1. The number of hydrogen-bond donors (Lipinski definition) is 2. The summed E-state index contributed by atoms with van der Waals surface area (Å²) in [5.41, 5.74) is 2.89. The molecule has 2 N–H and O–H groups in total. The van der Waals surface area contributed by atoms with Crippen molar-refractivity contribution < 1.29 is 14.3 Å². The van der Waals surface area contributed by atoms with Crippen molar-refractivity contribution in [2.45, 2.75) is 6.42 Å². The lowest BCUT2D eigenvalue weighted by Crippen LogP contribution is -2.03. The number of carbonyl (C=O) groups excluding carboxylic acids is 1. The van der Waals surface area contributed by atoms with E-state index in [1.807, 2.05) is 0 Å². The standard InChI is InChI=1S/C16H13FN2O2/c17-12-4-1-10(2-5-12)7-16-18-13-6-3-11(15(21)9-20)8-14(13)19-16/h1-6,8,20H,7,9H2,(H,18,19). The van der Waals surface area contributed by atoms with E-state index in [0.717, 1.165) is 22.4 Å². The van der Waals surface area contributed by atoms with Gasteiger partial charge in [-0.15, -0.1) is 0 Å². The van der Waals surface area contributed by atoms with Crippen LogP contribution in [0.5, 0.6) is 0 Å². The Balaban J connectivity index is 1.90. The molecule has 0 fully saturated rings. The average Bonchev–Trinajstić information content (AvgIpc) is 2.90. The van der Waals surface area contributed by atoms with E-state index in [-0.39, 0.29) is 11.6 Å².